The van der Waals surface area contributed by atoms with Crippen molar-refractivity contribution in [2.75, 3.05) is 26.2 Å². The minimum absolute atomic E-state index is 0.192. The summed E-state index contributed by atoms with van der Waals surface area (Å²) in [6.07, 6.45) is 2.65. The molecule has 0 bridgehead atoms. The Hall–Kier alpha value is -2.56. The van der Waals surface area contributed by atoms with Crippen molar-refractivity contribution in [2.45, 2.75) is 26.2 Å². The van der Waals surface area contributed by atoms with Crippen LogP contribution in [0.3, 0.4) is 0 Å². The van der Waals surface area contributed by atoms with Crippen LogP contribution in [0.25, 0.3) is 0 Å². The SMILES string of the molecule is CCNC(=NCCc1ccc2c(c1)CCO2)NCCc1cccc(F)c1. The summed E-state index contributed by atoms with van der Waals surface area (Å²) in [5.41, 5.74) is 3.56. The van der Waals surface area contributed by atoms with E-state index in [4.69, 9.17) is 4.74 Å². The number of hydrogen-bond donors (Lipinski definition) is 2. The zero-order valence-electron chi connectivity index (χ0n) is 15.2. The van der Waals surface area contributed by atoms with Gasteiger partial charge in [-0.2, -0.15) is 0 Å². The summed E-state index contributed by atoms with van der Waals surface area (Å²) in [5.74, 6) is 1.63. The topological polar surface area (TPSA) is 45.7 Å². The minimum Gasteiger partial charge on any atom is -0.493 e. The first-order chi connectivity index (χ1) is 12.7. The molecule has 2 aromatic carbocycles. The molecule has 1 aliphatic rings. The highest BCUT2D eigenvalue weighted by atomic mass is 19.1. The summed E-state index contributed by atoms with van der Waals surface area (Å²) < 4.78 is 18.8. The number of aliphatic imine (C=N–C) groups is 1. The molecule has 138 valence electrons. The van der Waals surface area contributed by atoms with Gasteiger partial charge >= 0.3 is 0 Å². The maximum Gasteiger partial charge on any atom is 0.191 e. The van der Waals surface area contributed by atoms with Gasteiger partial charge in [0.1, 0.15) is 11.6 Å². The van der Waals surface area contributed by atoms with Gasteiger partial charge in [0.25, 0.3) is 0 Å². The number of benzene rings is 2. The largest absolute Gasteiger partial charge is 0.493 e. The minimum atomic E-state index is -0.192. The third-order valence-corrected chi connectivity index (χ3v) is 4.36. The van der Waals surface area contributed by atoms with Crippen LogP contribution in [-0.2, 0) is 19.3 Å². The molecule has 0 amide bonds. The molecular weight excluding hydrogens is 329 g/mol. The van der Waals surface area contributed by atoms with Crippen LogP contribution in [0.5, 0.6) is 5.75 Å². The van der Waals surface area contributed by atoms with Crippen molar-refractivity contribution in [2.24, 2.45) is 4.99 Å². The molecule has 5 heteroatoms. The number of nitrogens with one attached hydrogen (secondary N) is 2. The number of ether oxygens (including phenoxy) is 1. The van der Waals surface area contributed by atoms with Gasteiger partial charge in [0.15, 0.2) is 5.96 Å². The average molecular weight is 355 g/mol. The molecule has 0 fully saturated rings. The molecule has 0 atom stereocenters. The molecule has 26 heavy (non-hydrogen) atoms. The molecule has 0 spiro atoms. The van der Waals surface area contributed by atoms with Crippen molar-refractivity contribution < 1.29 is 9.13 Å². The Morgan fingerprint density at radius 1 is 1.12 bits per heavy atom. The Kier molecular flexibility index (Phi) is 6.47. The van der Waals surface area contributed by atoms with E-state index in [-0.39, 0.29) is 5.82 Å². The molecule has 0 saturated heterocycles. The van der Waals surface area contributed by atoms with Gasteiger partial charge in [0.2, 0.25) is 0 Å². The van der Waals surface area contributed by atoms with E-state index in [0.29, 0.717) is 6.54 Å². The molecule has 0 unspecified atom stereocenters. The summed E-state index contributed by atoms with van der Waals surface area (Å²) in [6, 6.07) is 13.1. The molecule has 1 aliphatic heterocycles. The third-order valence-electron chi connectivity index (χ3n) is 4.36. The van der Waals surface area contributed by atoms with Gasteiger partial charge in [-0.3, -0.25) is 4.99 Å². The van der Waals surface area contributed by atoms with Crippen LogP contribution in [0.15, 0.2) is 47.5 Å². The maximum absolute atomic E-state index is 13.2. The van der Waals surface area contributed by atoms with E-state index in [1.807, 2.05) is 13.0 Å². The van der Waals surface area contributed by atoms with Crippen molar-refractivity contribution in [3.8, 4) is 5.75 Å². The normalized spacial score (nSPS) is 13.2. The van der Waals surface area contributed by atoms with Crippen molar-refractivity contribution >= 4 is 5.96 Å². The standard InChI is InChI=1S/C21H26FN3O/c1-2-23-21(24-11-8-16-4-3-5-19(22)15-16)25-12-9-17-6-7-20-18(14-17)10-13-26-20/h3-7,14-15H,2,8-13H2,1H3,(H2,23,24,25). The van der Waals surface area contributed by atoms with Gasteiger partial charge in [-0.15, -0.1) is 0 Å². The predicted molar refractivity (Wildman–Crippen MR) is 103 cm³/mol. The molecule has 2 N–H and O–H groups in total. The van der Waals surface area contributed by atoms with Crippen molar-refractivity contribution in [3.05, 3.63) is 65.0 Å². The number of fused-ring (bicyclic) bond motifs is 1. The van der Waals surface area contributed by atoms with Gasteiger partial charge in [-0.1, -0.05) is 24.3 Å². The van der Waals surface area contributed by atoms with E-state index in [1.54, 1.807) is 12.1 Å². The van der Waals surface area contributed by atoms with E-state index in [9.17, 15) is 4.39 Å². The quantitative estimate of drug-likeness (QED) is 0.593. The molecular formula is C21H26FN3O. The predicted octanol–water partition coefficient (Wildman–Crippen LogP) is 3.10. The summed E-state index contributed by atoms with van der Waals surface area (Å²) in [7, 11) is 0. The fraction of sp³-hybridized carbons (Fsp3) is 0.381. The first-order valence-corrected chi connectivity index (χ1v) is 9.26. The Morgan fingerprint density at radius 2 is 2.00 bits per heavy atom. The van der Waals surface area contributed by atoms with E-state index in [1.165, 1.54) is 17.2 Å². The number of hydrogen-bond acceptors (Lipinski definition) is 2. The monoisotopic (exact) mass is 355 g/mol. The lowest BCUT2D eigenvalue weighted by atomic mass is 10.1. The molecule has 1 heterocycles. The lowest BCUT2D eigenvalue weighted by Crippen LogP contribution is -2.38. The second-order valence-corrected chi connectivity index (χ2v) is 6.36. The van der Waals surface area contributed by atoms with E-state index in [0.717, 1.165) is 56.2 Å². The summed E-state index contributed by atoms with van der Waals surface area (Å²) in [6.45, 7) is 5.07. The number of rotatable bonds is 7. The van der Waals surface area contributed by atoms with Crippen LogP contribution >= 0.6 is 0 Å². The first-order valence-electron chi connectivity index (χ1n) is 9.26. The van der Waals surface area contributed by atoms with E-state index in [2.05, 4.69) is 33.8 Å². The van der Waals surface area contributed by atoms with Gasteiger partial charge in [-0.05, 0) is 54.7 Å². The fourth-order valence-electron chi connectivity index (χ4n) is 3.05. The van der Waals surface area contributed by atoms with Gasteiger partial charge in [0.05, 0.1) is 6.61 Å². The number of halogens is 1. The smallest absolute Gasteiger partial charge is 0.191 e. The lowest BCUT2D eigenvalue weighted by molar-refractivity contribution is 0.357. The van der Waals surface area contributed by atoms with Gasteiger partial charge in [-0.25, -0.2) is 4.39 Å². The molecule has 0 aliphatic carbocycles. The van der Waals surface area contributed by atoms with Crippen molar-refractivity contribution in [1.82, 2.24) is 10.6 Å². The highest BCUT2D eigenvalue weighted by Gasteiger charge is 2.11. The molecule has 4 nitrogen and oxygen atoms in total. The molecule has 3 rings (SSSR count). The van der Waals surface area contributed by atoms with E-state index < -0.39 is 0 Å². The zero-order chi connectivity index (χ0) is 18.2. The van der Waals surface area contributed by atoms with Crippen LogP contribution in [0.1, 0.15) is 23.6 Å². The zero-order valence-corrected chi connectivity index (χ0v) is 15.2. The Morgan fingerprint density at radius 3 is 2.85 bits per heavy atom. The van der Waals surface area contributed by atoms with Crippen molar-refractivity contribution in [3.63, 3.8) is 0 Å². The van der Waals surface area contributed by atoms with Gasteiger partial charge in [0, 0.05) is 26.1 Å². The van der Waals surface area contributed by atoms with E-state index >= 15 is 0 Å². The number of nitrogens with zero attached hydrogens (tertiary/aromatic N) is 1. The highest BCUT2D eigenvalue weighted by Crippen LogP contribution is 2.25. The van der Waals surface area contributed by atoms with Crippen LogP contribution in [0.4, 0.5) is 4.39 Å². The molecule has 0 saturated carbocycles. The summed E-state index contributed by atoms with van der Waals surface area (Å²) >= 11 is 0. The number of guanidine groups is 1. The highest BCUT2D eigenvalue weighted by molar-refractivity contribution is 5.79. The molecule has 2 aromatic rings. The Balaban J connectivity index is 1.48. The average Bonchev–Trinajstić information content (AvgIpc) is 3.09. The summed E-state index contributed by atoms with van der Waals surface area (Å²) in [5, 5.41) is 6.57. The second kappa shape index (κ2) is 9.22. The maximum atomic E-state index is 13.2. The Bertz CT molecular complexity index is 761. The molecule has 0 aromatic heterocycles. The molecule has 0 radical (unpaired) electrons. The van der Waals surface area contributed by atoms with Crippen LogP contribution in [0.2, 0.25) is 0 Å². The first kappa shape index (κ1) is 18.2. The van der Waals surface area contributed by atoms with Crippen LogP contribution < -0.4 is 15.4 Å². The van der Waals surface area contributed by atoms with Crippen molar-refractivity contribution in [1.29, 1.82) is 0 Å². The second-order valence-electron chi connectivity index (χ2n) is 6.36. The van der Waals surface area contributed by atoms with Gasteiger partial charge < -0.3 is 15.4 Å². The lowest BCUT2D eigenvalue weighted by Gasteiger charge is -2.11. The van der Waals surface area contributed by atoms with Crippen LogP contribution in [-0.4, -0.2) is 32.2 Å². The third kappa shape index (κ3) is 5.22. The van der Waals surface area contributed by atoms with Crippen LogP contribution in [0, 0.1) is 5.82 Å². The summed E-state index contributed by atoms with van der Waals surface area (Å²) in [4.78, 5) is 4.64. The Labute approximate surface area is 154 Å². The fourth-order valence-corrected chi connectivity index (χ4v) is 3.05.